The monoisotopic (exact) mass is 312 g/mol. The Balaban J connectivity index is 2.09. The van der Waals surface area contributed by atoms with Crippen molar-refractivity contribution in [3.8, 4) is 0 Å². The summed E-state index contributed by atoms with van der Waals surface area (Å²) in [6.45, 7) is 0.640. The molecule has 0 aliphatic carbocycles. The molecule has 0 unspecified atom stereocenters. The number of sulfonamides is 1. The Morgan fingerprint density at radius 2 is 2.20 bits per heavy atom. The Morgan fingerprint density at radius 1 is 1.40 bits per heavy atom. The fourth-order valence-electron chi connectivity index (χ4n) is 1.65. The fraction of sp³-hybridized carbons (Fsp3) is 0.250. The molecule has 0 bridgehead atoms. The molecule has 4 N–H and O–H groups in total. The molecule has 1 aromatic carbocycles. The predicted molar refractivity (Wildman–Crippen MR) is 81.4 cm³/mol. The van der Waals surface area contributed by atoms with Gasteiger partial charge in [-0.1, -0.05) is 0 Å². The van der Waals surface area contributed by atoms with Crippen molar-refractivity contribution in [1.82, 2.24) is 9.71 Å². The lowest BCUT2D eigenvalue weighted by atomic mass is 10.2. The van der Waals surface area contributed by atoms with Crippen LogP contribution in [0.4, 0.5) is 11.4 Å². The van der Waals surface area contributed by atoms with Gasteiger partial charge in [-0.25, -0.2) is 18.1 Å². The molecule has 1 aromatic heterocycles. The highest BCUT2D eigenvalue weighted by Gasteiger charge is 2.13. The van der Waals surface area contributed by atoms with Gasteiger partial charge in [0.15, 0.2) is 0 Å². The number of benzene rings is 1. The van der Waals surface area contributed by atoms with Gasteiger partial charge in [-0.05, 0) is 25.2 Å². The molecule has 0 radical (unpaired) electrons. The lowest BCUT2D eigenvalue weighted by Gasteiger charge is -2.11. The summed E-state index contributed by atoms with van der Waals surface area (Å²) in [6.07, 6.45) is 2.52. The number of anilines is 2. The van der Waals surface area contributed by atoms with Gasteiger partial charge >= 0.3 is 0 Å². The van der Waals surface area contributed by atoms with Crippen molar-refractivity contribution >= 4 is 32.7 Å². The molecule has 0 atom stereocenters. The predicted octanol–water partition coefficient (Wildman–Crippen LogP) is 1.29. The number of hydrogen-bond donors (Lipinski definition) is 3. The molecule has 6 nitrogen and oxygen atoms in total. The van der Waals surface area contributed by atoms with Gasteiger partial charge in [0.25, 0.3) is 0 Å². The number of nitrogens with zero attached hydrogens (tertiary/aromatic N) is 1. The second-order valence-corrected chi connectivity index (χ2v) is 6.92. The van der Waals surface area contributed by atoms with Crippen LogP contribution in [0.15, 0.2) is 34.7 Å². The summed E-state index contributed by atoms with van der Waals surface area (Å²) in [5.41, 5.74) is 6.97. The maximum absolute atomic E-state index is 11.7. The van der Waals surface area contributed by atoms with Crippen molar-refractivity contribution in [1.29, 1.82) is 0 Å². The molecule has 0 saturated heterocycles. The smallest absolute Gasteiger partial charge is 0.240 e. The SMILES string of the molecule is CNS(=O)(=O)c1ccc(N)c(NCCc2nccs2)c1. The van der Waals surface area contributed by atoms with Crippen LogP contribution in [-0.2, 0) is 16.4 Å². The highest BCUT2D eigenvalue weighted by molar-refractivity contribution is 7.89. The average molecular weight is 312 g/mol. The number of hydrogen-bond acceptors (Lipinski definition) is 6. The van der Waals surface area contributed by atoms with Gasteiger partial charge in [0.2, 0.25) is 10.0 Å². The first-order valence-electron chi connectivity index (χ1n) is 5.98. The third-order valence-corrected chi connectivity index (χ3v) is 4.99. The summed E-state index contributed by atoms with van der Waals surface area (Å²) in [7, 11) is -2.09. The molecule has 0 spiro atoms. The minimum Gasteiger partial charge on any atom is -0.397 e. The molecule has 8 heteroatoms. The summed E-state index contributed by atoms with van der Waals surface area (Å²) >= 11 is 1.59. The zero-order valence-electron chi connectivity index (χ0n) is 11.0. The molecule has 1 heterocycles. The van der Waals surface area contributed by atoms with Gasteiger partial charge < -0.3 is 11.1 Å². The highest BCUT2D eigenvalue weighted by atomic mass is 32.2. The van der Waals surface area contributed by atoms with Gasteiger partial charge in [0, 0.05) is 24.5 Å². The summed E-state index contributed by atoms with van der Waals surface area (Å²) in [4.78, 5) is 4.37. The Hall–Kier alpha value is -1.64. The van der Waals surface area contributed by atoms with Gasteiger partial charge in [0.1, 0.15) is 0 Å². The van der Waals surface area contributed by atoms with Crippen molar-refractivity contribution in [3.05, 3.63) is 34.8 Å². The van der Waals surface area contributed by atoms with Gasteiger partial charge in [-0.15, -0.1) is 11.3 Å². The van der Waals surface area contributed by atoms with E-state index in [0.29, 0.717) is 17.9 Å². The largest absolute Gasteiger partial charge is 0.397 e. The minimum absolute atomic E-state index is 0.186. The zero-order valence-corrected chi connectivity index (χ0v) is 12.6. The summed E-state index contributed by atoms with van der Waals surface area (Å²) in [5.74, 6) is 0. The number of nitrogen functional groups attached to an aromatic ring is 1. The van der Waals surface area contributed by atoms with E-state index in [2.05, 4.69) is 15.0 Å². The average Bonchev–Trinajstić information content (AvgIpc) is 2.94. The van der Waals surface area contributed by atoms with E-state index >= 15 is 0 Å². The Kier molecular flexibility index (Phi) is 4.58. The first-order valence-corrected chi connectivity index (χ1v) is 8.34. The molecule has 20 heavy (non-hydrogen) atoms. The molecular weight excluding hydrogens is 296 g/mol. The van der Waals surface area contributed by atoms with E-state index in [1.807, 2.05) is 5.38 Å². The third kappa shape index (κ3) is 3.47. The molecule has 0 aliphatic heterocycles. The summed E-state index contributed by atoms with van der Waals surface area (Å²) in [5, 5.41) is 6.08. The van der Waals surface area contributed by atoms with Crippen molar-refractivity contribution in [2.24, 2.45) is 0 Å². The van der Waals surface area contributed by atoms with Crippen LogP contribution in [0.1, 0.15) is 5.01 Å². The zero-order chi connectivity index (χ0) is 14.6. The maximum atomic E-state index is 11.7. The molecule has 0 fully saturated rings. The van der Waals surface area contributed by atoms with Gasteiger partial charge in [-0.3, -0.25) is 0 Å². The van der Waals surface area contributed by atoms with Crippen LogP contribution in [0.3, 0.4) is 0 Å². The summed E-state index contributed by atoms with van der Waals surface area (Å²) in [6, 6.07) is 4.59. The van der Waals surface area contributed by atoms with Crippen molar-refractivity contribution in [3.63, 3.8) is 0 Å². The number of nitrogens with two attached hydrogens (primary N) is 1. The van der Waals surface area contributed by atoms with E-state index in [0.717, 1.165) is 11.4 Å². The van der Waals surface area contributed by atoms with E-state index in [1.165, 1.54) is 19.2 Å². The van der Waals surface area contributed by atoms with E-state index in [9.17, 15) is 8.42 Å². The van der Waals surface area contributed by atoms with Crippen LogP contribution < -0.4 is 15.8 Å². The van der Waals surface area contributed by atoms with Crippen LogP contribution in [0.2, 0.25) is 0 Å². The third-order valence-electron chi connectivity index (χ3n) is 2.74. The lowest BCUT2D eigenvalue weighted by Crippen LogP contribution is -2.19. The topological polar surface area (TPSA) is 97.1 Å². The lowest BCUT2D eigenvalue weighted by molar-refractivity contribution is 0.588. The molecular formula is C12H16N4O2S2. The summed E-state index contributed by atoms with van der Waals surface area (Å²) < 4.78 is 25.8. The van der Waals surface area contributed by atoms with E-state index in [-0.39, 0.29) is 4.90 Å². The number of nitrogens with one attached hydrogen (secondary N) is 2. The van der Waals surface area contributed by atoms with Crippen LogP contribution in [0.5, 0.6) is 0 Å². The van der Waals surface area contributed by atoms with Crippen molar-refractivity contribution < 1.29 is 8.42 Å². The highest BCUT2D eigenvalue weighted by Crippen LogP contribution is 2.22. The van der Waals surface area contributed by atoms with E-state index < -0.39 is 10.0 Å². The molecule has 0 saturated carbocycles. The Morgan fingerprint density at radius 3 is 2.85 bits per heavy atom. The van der Waals surface area contributed by atoms with Crippen LogP contribution in [0.25, 0.3) is 0 Å². The van der Waals surface area contributed by atoms with E-state index in [4.69, 9.17) is 5.73 Å². The van der Waals surface area contributed by atoms with Gasteiger partial charge in [0.05, 0.1) is 21.3 Å². The minimum atomic E-state index is -3.46. The van der Waals surface area contributed by atoms with Crippen LogP contribution >= 0.6 is 11.3 Å². The quantitative estimate of drug-likeness (QED) is 0.698. The maximum Gasteiger partial charge on any atom is 0.240 e. The number of thiazole rings is 1. The number of rotatable bonds is 6. The molecule has 108 valence electrons. The Bertz CT molecular complexity index is 669. The molecule has 2 rings (SSSR count). The first kappa shape index (κ1) is 14.8. The second kappa shape index (κ2) is 6.21. The second-order valence-electron chi connectivity index (χ2n) is 4.06. The standard InChI is InChI=1S/C12H16N4O2S2/c1-14-20(17,18)9-2-3-10(13)11(8-9)15-5-4-12-16-6-7-19-12/h2-3,6-8,14-15H,4-5,13H2,1H3. The van der Waals surface area contributed by atoms with Crippen molar-refractivity contribution in [2.45, 2.75) is 11.3 Å². The fourth-order valence-corrected chi connectivity index (χ4v) is 3.03. The van der Waals surface area contributed by atoms with Crippen molar-refractivity contribution in [2.75, 3.05) is 24.6 Å². The molecule has 0 amide bonds. The van der Waals surface area contributed by atoms with Crippen LogP contribution in [-0.4, -0.2) is 27.0 Å². The molecule has 0 aliphatic rings. The van der Waals surface area contributed by atoms with Crippen LogP contribution in [0, 0.1) is 0 Å². The van der Waals surface area contributed by atoms with Gasteiger partial charge in [-0.2, -0.15) is 0 Å². The normalized spacial score (nSPS) is 11.4. The van der Waals surface area contributed by atoms with E-state index in [1.54, 1.807) is 23.6 Å². The number of aromatic nitrogens is 1. The Labute approximate surface area is 122 Å². The first-order chi connectivity index (χ1) is 9.53. The molecule has 2 aromatic rings.